The second-order valence-corrected chi connectivity index (χ2v) is 24.5. The largest absolute Gasteiger partial charge is 0 e. The molecule has 0 saturated carbocycles. The molecule has 0 atom stereocenters. The van der Waals surface area contributed by atoms with E-state index in [4.69, 9.17) is 4.98 Å². The van der Waals surface area contributed by atoms with E-state index < -0.39 is 13.3 Å². The number of thiophene rings is 1. The summed E-state index contributed by atoms with van der Waals surface area (Å²) < 4.78 is 4.01. The molecule has 0 aliphatic heterocycles. The van der Waals surface area contributed by atoms with Crippen LogP contribution in [-0.4, -0.2) is 23.2 Å². The van der Waals surface area contributed by atoms with E-state index >= 15 is 0 Å². The molecular formula is C41H38GeIrN2S-2. The van der Waals surface area contributed by atoms with Crippen molar-refractivity contribution >= 4 is 49.2 Å². The van der Waals surface area contributed by atoms with E-state index in [2.05, 4.69) is 128 Å². The second kappa shape index (κ2) is 14.6. The third kappa shape index (κ3) is 7.26. The number of rotatable bonds is 5. The number of hydrogen-bond donors (Lipinski definition) is 0. The van der Waals surface area contributed by atoms with Gasteiger partial charge in [-0.25, -0.2) is 0 Å². The van der Waals surface area contributed by atoms with E-state index in [0.717, 1.165) is 22.5 Å². The van der Waals surface area contributed by atoms with Crippen molar-refractivity contribution in [3.8, 4) is 33.6 Å². The fraction of sp³-hybridized carbons (Fsp3) is 0.171. The first-order valence-electron chi connectivity index (χ1n) is 15.5. The number of benzene rings is 4. The predicted molar refractivity (Wildman–Crippen MR) is 197 cm³/mol. The monoisotopic (exact) mass is 857 g/mol. The van der Waals surface area contributed by atoms with Crippen LogP contribution in [0.4, 0.5) is 0 Å². The molecule has 7 aromatic rings. The number of fused-ring (bicyclic) bond motifs is 3. The fourth-order valence-electron chi connectivity index (χ4n) is 5.69. The molecule has 2 nitrogen and oxygen atoms in total. The molecule has 0 N–H and O–H groups in total. The molecular weight excluding hydrogens is 817 g/mol. The molecule has 0 aliphatic rings. The van der Waals surface area contributed by atoms with Gasteiger partial charge in [-0.1, -0.05) is 67.8 Å². The van der Waals surface area contributed by atoms with Crippen molar-refractivity contribution in [2.24, 2.45) is 0 Å². The molecule has 5 heteroatoms. The Kier molecular flexibility index (Phi) is 10.7. The standard InChI is InChI=1S/C27H22NS.C14H16GeN.Ir/c1-17(2)23-15-24(28-16-18(23)3)21-12-7-13-22-26-20(19-9-5-4-6-10-19)11-8-14-25(26)29-27(21)22;1-15(2,3)13-9-10-14(16-11-13)12-7-5-4-6-8-12;/h4-11,13-17H,1-3H3;4-7,9-11H,1-3H3;/q2*-1;. The minimum Gasteiger partial charge on any atom is 0 e. The molecule has 233 valence electrons. The molecule has 0 amide bonds. The third-order valence-corrected chi connectivity index (χ3v) is 13.6. The topological polar surface area (TPSA) is 25.8 Å². The Balaban J connectivity index is 0.000000209. The van der Waals surface area contributed by atoms with Crippen LogP contribution in [0.3, 0.4) is 0 Å². The van der Waals surface area contributed by atoms with Gasteiger partial charge in [0.2, 0.25) is 0 Å². The van der Waals surface area contributed by atoms with Gasteiger partial charge >= 0.3 is 99.8 Å². The Morgan fingerprint density at radius 1 is 0.739 bits per heavy atom. The van der Waals surface area contributed by atoms with E-state index in [1.807, 2.05) is 54.1 Å². The minimum absolute atomic E-state index is 0. The van der Waals surface area contributed by atoms with Crippen LogP contribution >= 0.6 is 11.3 Å². The molecule has 46 heavy (non-hydrogen) atoms. The zero-order valence-electron chi connectivity index (χ0n) is 27.2. The molecule has 3 aromatic heterocycles. The average molecular weight is 856 g/mol. The van der Waals surface area contributed by atoms with Crippen molar-refractivity contribution in [1.82, 2.24) is 9.97 Å². The zero-order valence-corrected chi connectivity index (χ0v) is 32.5. The summed E-state index contributed by atoms with van der Waals surface area (Å²) in [5.41, 5.74) is 9.33. The molecule has 4 aromatic carbocycles. The zero-order chi connectivity index (χ0) is 31.6. The average Bonchev–Trinajstić information content (AvgIpc) is 3.45. The molecule has 7 rings (SSSR count). The Morgan fingerprint density at radius 2 is 1.50 bits per heavy atom. The number of aromatic nitrogens is 2. The van der Waals surface area contributed by atoms with Gasteiger partial charge in [0.1, 0.15) is 0 Å². The summed E-state index contributed by atoms with van der Waals surface area (Å²) in [7, 11) is 0. The van der Waals surface area contributed by atoms with Crippen LogP contribution < -0.4 is 4.40 Å². The van der Waals surface area contributed by atoms with Crippen molar-refractivity contribution in [3.05, 3.63) is 139 Å². The molecule has 3 heterocycles. The van der Waals surface area contributed by atoms with Gasteiger partial charge in [-0.2, -0.15) is 11.3 Å². The number of pyridine rings is 2. The van der Waals surface area contributed by atoms with E-state index in [0.29, 0.717) is 5.92 Å². The first-order valence-corrected chi connectivity index (χ1v) is 23.7. The van der Waals surface area contributed by atoms with Crippen LogP contribution in [0.2, 0.25) is 17.3 Å². The number of aryl methyl sites for hydroxylation is 1. The second-order valence-electron chi connectivity index (χ2n) is 12.8. The normalized spacial score (nSPS) is 11.3. The van der Waals surface area contributed by atoms with E-state index in [-0.39, 0.29) is 20.1 Å². The quantitative estimate of drug-likeness (QED) is 0.127. The Labute approximate surface area is 293 Å². The molecule has 0 fully saturated rings. The van der Waals surface area contributed by atoms with Crippen LogP contribution in [0.25, 0.3) is 53.8 Å². The van der Waals surface area contributed by atoms with Crippen LogP contribution in [0.15, 0.2) is 116 Å². The first-order chi connectivity index (χ1) is 21.7. The van der Waals surface area contributed by atoms with Gasteiger partial charge in [0.15, 0.2) is 0 Å². The SMILES string of the molecule is Cc1cnc(-c2[c-]ccc3c2sc2cccc(-c4ccccc4)c23)cc1C(C)C.[CH3][Ge]([CH3])([CH3])[c]1ccc(-c2[c-]cccc2)nc1.[Ir]. The maximum absolute atomic E-state index is 4.77. The van der Waals surface area contributed by atoms with Gasteiger partial charge in [0.25, 0.3) is 0 Å². The van der Waals surface area contributed by atoms with E-state index in [9.17, 15) is 0 Å². The van der Waals surface area contributed by atoms with Crippen molar-refractivity contribution in [2.45, 2.75) is 44.0 Å². The van der Waals surface area contributed by atoms with Crippen LogP contribution in [0.5, 0.6) is 0 Å². The van der Waals surface area contributed by atoms with Crippen molar-refractivity contribution in [3.63, 3.8) is 0 Å². The van der Waals surface area contributed by atoms with Gasteiger partial charge in [-0.05, 0) is 56.9 Å². The maximum Gasteiger partial charge on any atom is 0 e. The molecule has 0 unspecified atom stereocenters. The van der Waals surface area contributed by atoms with Gasteiger partial charge in [-0.15, -0.1) is 23.8 Å². The maximum atomic E-state index is 4.77. The van der Waals surface area contributed by atoms with Crippen molar-refractivity contribution in [2.75, 3.05) is 0 Å². The molecule has 1 radical (unpaired) electrons. The summed E-state index contributed by atoms with van der Waals surface area (Å²) in [6.45, 7) is 6.62. The van der Waals surface area contributed by atoms with E-state index in [1.54, 1.807) is 0 Å². The summed E-state index contributed by atoms with van der Waals surface area (Å²) in [4.78, 5) is 9.30. The molecule has 0 saturated heterocycles. The third-order valence-electron chi connectivity index (χ3n) is 8.18. The Bertz CT molecular complexity index is 2060. The fourth-order valence-corrected chi connectivity index (χ4v) is 9.09. The first kappa shape index (κ1) is 33.9. The number of hydrogen-bond acceptors (Lipinski definition) is 3. The van der Waals surface area contributed by atoms with Gasteiger partial charge in [0.05, 0.1) is 0 Å². The Hall–Kier alpha value is -3.41. The predicted octanol–water partition coefficient (Wildman–Crippen LogP) is 11.1. The summed E-state index contributed by atoms with van der Waals surface area (Å²) in [6, 6.07) is 42.7. The van der Waals surface area contributed by atoms with Gasteiger partial charge in [-0.3, -0.25) is 0 Å². The summed E-state index contributed by atoms with van der Waals surface area (Å²) in [5, 5.41) is 2.61. The number of nitrogens with zero attached hydrogens (tertiary/aromatic N) is 2. The summed E-state index contributed by atoms with van der Waals surface area (Å²) in [5.74, 6) is 7.62. The van der Waals surface area contributed by atoms with E-state index in [1.165, 1.54) is 46.8 Å². The van der Waals surface area contributed by atoms with Crippen molar-refractivity contribution < 1.29 is 20.1 Å². The Morgan fingerprint density at radius 3 is 2.17 bits per heavy atom. The smallest absolute Gasteiger partial charge is 0 e. The minimum atomic E-state index is -1.72. The summed E-state index contributed by atoms with van der Waals surface area (Å²) in [6.07, 6.45) is 4.04. The van der Waals surface area contributed by atoms with Gasteiger partial charge in [0, 0.05) is 31.0 Å². The van der Waals surface area contributed by atoms with Crippen LogP contribution in [0.1, 0.15) is 30.9 Å². The molecule has 0 spiro atoms. The molecule has 0 bridgehead atoms. The van der Waals surface area contributed by atoms with Crippen LogP contribution in [-0.2, 0) is 20.1 Å². The summed E-state index contributed by atoms with van der Waals surface area (Å²) >= 11 is 0.123. The van der Waals surface area contributed by atoms with Gasteiger partial charge < -0.3 is 4.98 Å². The van der Waals surface area contributed by atoms with Crippen molar-refractivity contribution in [1.29, 1.82) is 0 Å². The van der Waals surface area contributed by atoms with Crippen LogP contribution in [0, 0.1) is 19.1 Å². The molecule has 0 aliphatic carbocycles.